The average molecular weight is 314 g/mol. The first-order valence-electron chi connectivity index (χ1n) is 7.31. The zero-order valence-corrected chi connectivity index (χ0v) is 12.9. The second-order valence-electron chi connectivity index (χ2n) is 5.58. The minimum Gasteiger partial charge on any atom is -0.453 e. The molecule has 1 aromatic heterocycles. The lowest BCUT2D eigenvalue weighted by Gasteiger charge is -2.08. The van der Waals surface area contributed by atoms with Crippen LogP contribution in [-0.4, -0.2) is 28.9 Å². The first-order valence-corrected chi connectivity index (χ1v) is 7.31. The zero-order chi connectivity index (χ0) is 16.4. The van der Waals surface area contributed by atoms with Crippen LogP contribution in [0.15, 0.2) is 36.7 Å². The summed E-state index contributed by atoms with van der Waals surface area (Å²) in [5, 5.41) is 9.58. The quantitative estimate of drug-likeness (QED) is 0.907. The second-order valence-corrected chi connectivity index (χ2v) is 5.58. The first kappa shape index (κ1) is 15.1. The van der Waals surface area contributed by atoms with Crippen molar-refractivity contribution in [2.45, 2.75) is 12.3 Å². The van der Waals surface area contributed by atoms with Crippen LogP contribution in [-0.2, 0) is 16.6 Å². The van der Waals surface area contributed by atoms with Crippen molar-refractivity contribution in [2.24, 2.45) is 13.0 Å². The van der Waals surface area contributed by atoms with Crippen LogP contribution in [0.25, 0.3) is 0 Å². The van der Waals surface area contributed by atoms with Gasteiger partial charge in [-0.3, -0.25) is 14.8 Å². The first-order chi connectivity index (χ1) is 11.1. The third kappa shape index (κ3) is 3.50. The molecule has 1 heterocycles. The van der Waals surface area contributed by atoms with Crippen molar-refractivity contribution in [1.82, 2.24) is 9.78 Å². The molecule has 3 rings (SSSR count). The van der Waals surface area contributed by atoms with E-state index in [0.29, 0.717) is 11.4 Å². The van der Waals surface area contributed by atoms with Crippen molar-refractivity contribution in [3.05, 3.63) is 42.2 Å². The molecule has 2 N–H and O–H groups in total. The van der Waals surface area contributed by atoms with Gasteiger partial charge in [0, 0.05) is 30.5 Å². The Bertz CT molecular complexity index is 740. The van der Waals surface area contributed by atoms with Gasteiger partial charge in [-0.15, -0.1) is 0 Å². The normalized spacial score (nSPS) is 19.0. The Morgan fingerprint density at radius 2 is 2.04 bits per heavy atom. The molecular formula is C16H18N4O3. The molecule has 0 saturated heterocycles. The van der Waals surface area contributed by atoms with Gasteiger partial charge in [0.25, 0.3) is 0 Å². The molecule has 2 atom stereocenters. The van der Waals surface area contributed by atoms with Crippen LogP contribution in [0.1, 0.15) is 17.9 Å². The Morgan fingerprint density at radius 3 is 2.70 bits per heavy atom. The summed E-state index contributed by atoms with van der Waals surface area (Å²) in [7, 11) is 3.16. The number of hydrogen-bond donors (Lipinski definition) is 2. The number of aromatic nitrogens is 2. The number of aryl methyl sites for hydroxylation is 1. The minimum atomic E-state index is -0.549. The summed E-state index contributed by atoms with van der Waals surface area (Å²) in [6.07, 6.45) is 4.03. The molecule has 1 aliphatic carbocycles. The summed E-state index contributed by atoms with van der Waals surface area (Å²) in [5.74, 6) is 0.186. The van der Waals surface area contributed by atoms with Gasteiger partial charge in [0.1, 0.15) is 0 Å². The van der Waals surface area contributed by atoms with E-state index in [4.69, 9.17) is 0 Å². The molecule has 1 aromatic carbocycles. The number of nitrogens with zero attached hydrogens (tertiary/aromatic N) is 2. The van der Waals surface area contributed by atoms with Crippen molar-refractivity contribution in [1.29, 1.82) is 0 Å². The molecule has 2 unspecified atom stereocenters. The molecule has 0 spiro atoms. The SMILES string of the molecule is COC(=O)Nc1cccc(NC(=O)C2CC2c2cnn(C)c2)c1. The molecule has 2 aromatic rings. The van der Waals surface area contributed by atoms with Crippen molar-refractivity contribution in [3.63, 3.8) is 0 Å². The van der Waals surface area contributed by atoms with Gasteiger partial charge in [-0.25, -0.2) is 4.79 Å². The summed E-state index contributed by atoms with van der Waals surface area (Å²) in [5.41, 5.74) is 2.30. The number of carbonyl (C=O) groups excluding carboxylic acids is 2. The number of amides is 2. The van der Waals surface area contributed by atoms with Gasteiger partial charge in [0.15, 0.2) is 0 Å². The second kappa shape index (κ2) is 6.12. The van der Waals surface area contributed by atoms with Gasteiger partial charge < -0.3 is 10.1 Å². The summed E-state index contributed by atoms with van der Waals surface area (Å²) in [6.45, 7) is 0. The van der Waals surface area contributed by atoms with E-state index in [2.05, 4.69) is 20.5 Å². The van der Waals surface area contributed by atoms with Crippen LogP contribution in [0, 0.1) is 5.92 Å². The monoisotopic (exact) mass is 314 g/mol. The van der Waals surface area contributed by atoms with Gasteiger partial charge >= 0.3 is 6.09 Å². The molecule has 1 saturated carbocycles. The van der Waals surface area contributed by atoms with Gasteiger partial charge in [-0.1, -0.05) is 6.07 Å². The number of methoxy groups -OCH3 is 1. The number of ether oxygens (including phenoxy) is 1. The standard InChI is InChI=1S/C16H18N4O3/c1-20-9-10(8-17-20)13-7-14(13)15(21)18-11-4-3-5-12(6-11)19-16(22)23-2/h3-6,8-9,13-14H,7H2,1-2H3,(H,18,21)(H,19,22). The topological polar surface area (TPSA) is 85.2 Å². The molecule has 0 radical (unpaired) electrons. The maximum absolute atomic E-state index is 12.3. The van der Waals surface area contributed by atoms with E-state index in [1.54, 1.807) is 35.1 Å². The van der Waals surface area contributed by atoms with E-state index in [1.807, 2.05) is 13.2 Å². The lowest BCUT2D eigenvalue weighted by Crippen LogP contribution is -2.15. The van der Waals surface area contributed by atoms with E-state index < -0.39 is 6.09 Å². The van der Waals surface area contributed by atoms with Crippen LogP contribution in [0.4, 0.5) is 16.2 Å². The Morgan fingerprint density at radius 1 is 1.30 bits per heavy atom. The largest absolute Gasteiger partial charge is 0.453 e. The smallest absolute Gasteiger partial charge is 0.411 e. The Kier molecular flexibility index (Phi) is 4.01. The molecular weight excluding hydrogens is 296 g/mol. The summed E-state index contributed by atoms with van der Waals surface area (Å²) < 4.78 is 6.28. The number of anilines is 2. The highest BCUT2D eigenvalue weighted by molar-refractivity contribution is 5.96. The molecule has 1 aliphatic rings. The molecule has 120 valence electrons. The molecule has 7 heteroatoms. The average Bonchev–Trinajstić information content (AvgIpc) is 3.22. The van der Waals surface area contributed by atoms with Crippen molar-refractivity contribution in [2.75, 3.05) is 17.7 Å². The van der Waals surface area contributed by atoms with Crippen LogP contribution >= 0.6 is 0 Å². The lowest BCUT2D eigenvalue weighted by molar-refractivity contribution is -0.117. The minimum absolute atomic E-state index is 0.0194. The highest BCUT2D eigenvalue weighted by Gasteiger charge is 2.44. The third-order valence-corrected chi connectivity index (χ3v) is 3.84. The van der Waals surface area contributed by atoms with E-state index in [-0.39, 0.29) is 17.7 Å². The summed E-state index contributed by atoms with van der Waals surface area (Å²) in [4.78, 5) is 23.5. The zero-order valence-electron chi connectivity index (χ0n) is 12.9. The van der Waals surface area contributed by atoms with E-state index >= 15 is 0 Å². The molecule has 1 fully saturated rings. The number of hydrogen-bond acceptors (Lipinski definition) is 4. The summed E-state index contributed by atoms with van der Waals surface area (Å²) >= 11 is 0. The van der Waals surface area contributed by atoms with E-state index in [0.717, 1.165) is 12.0 Å². The maximum atomic E-state index is 12.3. The Labute approximate surface area is 133 Å². The molecule has 23 heavy (non-hydrogen) atoms. The highest BCUT2D eigenvalue weighted by Crippen LogP contribution is 2.47. The Balaban J connectivity index is 1.60. The molecule has 2 amide bonds. The Hall–Kier alpha value is -2.83. The van der Waals surface area contributed by atoms with E-state index in [9.17, 15) is 9.59 Å². The predicted molar refractivity (Wildman–Crippen MR) is 85.2 cm³/mol. The molecule has 0 bridgehead atoms. The van der Waals surface area contributed by atoms with Gasteiger partial charge in [-0.2, -0.15) is 5.10 Å². The number of nitrogens with one attached hydrogen (secondary N) is 2. The van der Waals surface area contributed by atoms with Crippen molar-refractivity contribution < 1.29 is 14.3 Å². The molecule has 0 aliphatic heterocycles. The molecule has 7 nitrogen and oxygen atoms in total. The predicted octanol–water partition coefficient (Wildman–Crippen LogP) is 2.34. The number of carbonyl (C=O) groups is 2. The fourth-order valence-electron chi connectivity index (χ4n) is 2.56. The highest BCUT2D eigenvalue weighted by atomic mass is 16.5. The van der Waals surface area contributed by atoms with Crippen molar-refractivity contribution in [3.8, 4) is 0 Å². The fraction of sp³-hybridized carbons (Fsp3) is 0.312. The van der Waals surface area contributed by atoms with Crippen LogP contribution < -0.4 is 10.6 Å². The van der Waals surface area contributed by atoms with Crippen LogP contribution in [0.5, 0.6) is 0 Å². The van der Waals surface area contributed by atoms with Gasteiger partial charge in [-0.05, 0) is 36.1 Å². The number of rotatable bonds is 4. The van der Waals surface area contributed by atoms with Crippen molar-refractivity contribution >= 4 is 23.4 Å². The summed E-state index contributed by atoms with van der Waals surface area (Å²) in [6, 6.07) is 6.95. The lowest BCUT2D eigenvalue weighted by atomic mass is 10.2. The third-order valence-electron chi connectivity index (χ3n) is 3.84. The van der Waals surface area contributed by atoms with E-state index in [1.165, 1.54) is 7.11 Å². The van der Waals surface area contributed by atoms with Gasteiger partial charge in [0.2, 0.25) is 5.91 Å². The van der Waals surface area contributed by atoms with Crippen LogP contribution in [0.3, 0.4) is 0 Å². The maximum Gasteiger partial charge on any atom is 0.411 e. The number of benzene rings is 1. The van der Waals surface area contributed by atoms with Gasteiger partial charge in [0.05, 0.1) is 13.3 Å². The fourth-order valence-corrected chi connectivity index (χ4v) is 2.56. The van der Waals surface area contributed by atoms with Crippen LogP contribution in [0.2, 0.25) is 0 Å².